The molecule has 0 aromatic heterocycles. The van der Waals surface area contributed by atoms with Crippen molar-refractivity contribution in [1.29, 1.82) is 0 Å². The number of amides is 4. The molecule has 0 spiro atoms. The molecule has 2 aliphatic rings. The van der Waals surface area contributed by atoms with Crippen LogP contribution in [0.25, 0.3) is 0 Å². The van der Waals surface area contributed by atoms with E-state index in [2.05, 4.69) is 29.6 Å². The third-order valence-corrected chi connectivity index (χ3v) is 5.88. The zero-order valence-electron chi connectivity index (χ0n) is 17.8. The van der Waals surface area contributed by atoms with E-state index in [4.69, 9.17) is 4.74 Å². The van der Waals surface area contributed by atoms with Gasteiger partial charge in [0.25, 0.3) is 5.91 Å². The lowest BCUT2D eigenvalue weighted by molar-refractivity contribution is -0.142. The van der Waals surface area contributed by atoms with Gasteiger partial charge in [0, 0.05) is 18.9 Å². The summed E-state index contributed by atoms with van der Waals surface area (Å²) in [5, 5.41) is 10.3. The fourth-order valence-corrected chi connectivity index (χ4v) is 3.84. The van der Waals surface area contributed by atoms with E-state index in [-0.39, 0.29) is 30.5 Å². The normalized spacial score (nSPS) is 23.5. The number of imide groups is 1. The van der Waals surface area contributed by atoms with Crippen molar-refractivity contribution in [3.8, 4) is 0 Å². The number of ether oxygens (including phenoxy) is 1. The summed E-state index contributed by atoms with van der Waals surface area (Å²) in [5.74, 6) is -0.918. The lowest BCUT2D eigenvalue weighted by Crippen LogP contribution is -2.50. The van der Waals surface area contributed by atoms with E-state index >= 15 is 0 Å². The first-order valence-corrected chi connectivity index (χ1v) is 10.6. The van der Waals surface area contributed by atoms with E-state index in [1.807, 2.05) is 0 Å². The van der Waals surface area contributed by atoms with Gasteiger partial charge in [0.2, 0.25) is 5.91 Å². The van der Waals surface area contributed by atoms with E-state index in [0.29, 0.717) is 17.5 Å². The van der Waals surface area contributed by atoms with Gasteiger partial charge in [-0.25, -0.2) is 14.6 Å². The number of nitrogens with zero attached hydrogens (tertiary/aromatic N) is 2. The number of para-hydroxylation sites is 1. The number of carbonyl (C=O) groups is 4. The summed E-state index contributed by atoms with van der Waals surface area (Å²) in [4.78, 5) is 48.5. The number of hydrazone groups is 1. The predicted octanol–water partition coefficient (Wildman–Crippen LogP) is 2.36. The Morgan fingerprint density at radius 1 is 1.13 bits per heavy atom. The summed E-state index contributed by atoms with van der Waals surface area (Å²) in [6.07, 6.45) is 3.27. The van der Waals surface area contributed by atoms with Crippen LogP contribution in [0, 0.1) is 11.8 Å². The number of rotatable bonds is 5. The molecule has 166 valence electrons. The molecule has 3 rings (SSSR count). The molecule has 0 unspecified atom stereocenters. The van der Waals surface area contributed by atoms with Crippen LogP contribution in [0.1, 0.15) is 46.0 Å². The molecule has 0 bridgehead atoms. The molecule has 1 aliphatic carbocycles. The van der Waals surface area contributed by atoms with Crippen LogP contribution in [0.3, 0.4) is 0 Å². The standard InChI is InChI=1S/C22H28N4O5/c1-14-7-6-10-17(15(14)2)23-22(30)24-19(27)13-31-21(29)18-11-12-20(28)26(25-18)16-8-4-3-5-9-16/h3-5,8-9,14-15,17H,6-7,10-13H2,1-2H3,(H2,23,24,27,30)/t14-,15+,17+/m1/s1. The van der Waals surface area contributed by atoms with Gasteiger partial charge < -0.3 is 10.1 Å². The summed E-state index contributed by atoms with van der Waals surface area (Å²) in [7, 11) is 0. The summed E-state index contributed by atoms with van der Waals surface area (Å²) >= 11 is 0. The first-order valence-electron chi connectivity index (χ1n) is 10.6. The third-order valence-electron chi connectivity index (χ3n) is 5.88. The van der Waals surface area contributed by atoms with Gasteiger partial charge in [-0.3, -0.25) is 14.9 Å². The first-order chi connectivity index (χ1) is 14.8. The highest BCUT2D eigenvalue weighted by atomic mass is 16.5. The second kappa shape index (κ2) is 10.2. The first kappa shape index (κ1) is 22.5. The Morgan fingerprint density at radius 2 is 1.87 bits per heavy atom. The van der Waals surface area contributed by atoms with Crippen molar-refractivity contribution in [2.75, 3.05) is 11.6 Å². The van der Waals surface area contributed by atoms with E-state index in [9.17, 15) is 19.2 Å². The third kappa shape index (κ3) is 5.90. The molecule has 1 heterocycles. The zero-order valence-corrected chi connectivity index (χ0v) is 17.8. The smallest absolute Gasteiger partial charge is 0.355 e. The number of hydrogen-bond donors (Lipinski definition) is 2. The molecule has 1 aromatic rings. The van der Waals surface area contributed by atoms with E-state index < -0.39 is 24.5 Å². The molecular formula is C22H28N4O5. The lowest BCUT2D eigenvalue weighted by atomic mass is 9.78. The summed E-state index contributed by atoms with van der Waals surface area (Å²) < 4.78 is 4.99. The van der Waals surface area contributed by atoms with Gasteiger partial charge in [0.15, 0.2) is 6.61 Å². The number of anilines is 1. The molecule has 9 nitrogen and oxygen atoms in total. The van der Waals surface area contributed by atoms with Crippen molar-refractivity contribution < 1.29 is 23.9 Å². The van der Waals surface area contributed by atoms with E-state index in [0.717, 1.165) is 24.3 Å². The number of urea groups is 1. The van der Waals surface area contributed by atoms with Crippen LogP contribution in [0.15, 0.2) is 35.4 Å². The van der Waals surface area contributed by atoms with Gasteiger partial charge in [-0.1, -0.05) is 44.9 Å². The SMILES string of the molecule is C[C@H]1[C@H](C)CCC[C@@H]1NC(=O)NC(=O)COC(=O)C1=NN(c2ccccc2)C(=O)CC1. The van der Waals surface area contributed by atoms with Crippen LogP contribution in [-0.4, -0.2) is 42.2 Å². The van der Waals surface area contributed by atoms with Crippen LogP contribution in [0.4, 0.5) is 10.5 Å². The summed E-state index contributed by atoms with van der Waals surface area (Å²) in [6, 6.07) is 8.15. The van der Waals surface area contributed by atoms with Crippen LogP contribution < -0.4 is 15.6 Å². The van der Waals surface area contributed by atoms with E-state index in [1.54, 1.807) is 30.3 Å². The quantitative estimate of drug-likeness (QED) is 0.698. The maximum Gasteiger partial charge on any atom is 0.355 e. The Labute approximate surface area is 181 Å². The Balaban J connectivity index is 1.49. The van der Waals surface area contributed by atoms with Gasteiger partial charge in [-0.05, 0) is 30.4 Å². The minimum atomic E-state index is -0.793. The Morgan fingerprint density at radius 3 is 2.61 bits per heavy atom. The van der Waals surface area contributed by atoms with Gasteiger partial charge >= 0.3 is 12.0 Å². The van der Waals surface area contributed by atoms with Gasteiger partial charge in [0.05, 0.1) is 5.69 Å². The number of benzene rings is 1. The lowest BCUT2D eigenvalue weighted by Gasteiger charge is -2.34. The Kier molecular flexibility index (Phi) is 7.38. The van der Waals surface area contributed by atoms with Crippen molar-refractivity contribution in [1.82, 2.24) is 10.6 Å². The second-order valence-electron chi connectivity index (χ2n) is 8.06. The second-order valence-corrected chi connectivity index (χ2v) is 8.06. The zero-order chi connectivity index (χ0) is 22.4. The topological polar surface area (TPSA) is 117 Å². The number of hydrogen-bond acceptors (Lipinski definition) is 6. The molecule has 1 fully saturated rings. The van der Waals surface area contributed by atoms with Crippen LogP contribution in [-0.2, 0) is 19.1 Å². The monoisotopic (exact) mass is 428 g/mol. The molecule has 1 aliphatic heterocycles. The fourth-order valence-electron chi connectivity index (χ4n) is 3.84. The predicted molar refractivity (Wildman–Crippen MR) is 114 cm³/mol. The van der Waals surface area contributed by atoms with Crippen molar-refractivity contribution in [3.63, 3.8) is 0 Å². The highest BCUT2D eigenvalue weighted by Crippen LogP contribution is 2.29. The molecule has 9 heteroatoms. The van der Waals surface area contributed by atoms with Gasteiger partial charge in [-0.15, -0.1) is 0 Å². The molecule has 1 aromatic carbocycles. The number of esters is 1. The number of carbonyl (C=O) groups excluding carboxylic acids is 4. The van der Waals surface area contributed by atoms with Crippen molar-refractivity contribution >= 4 is 35.2 Å². The van der Waals surface area contributed by atoms with Gasteiger partial charge in [-0.2, -0.15) is 5.10 Å². The molecule has 0 radical (unpaired) electrons. The molecular weight excluding hydrogens is 400 g/mol. The maximum absolute atomic E-state index is 12.3. The maximum atomic E-state index is 12.3. The fraction of sp³-hybridized carbons (Fsp3) is 0.500. The highest BCUT2D eigenvalue weighted by Gasteiger charge is 2.29. The average molecular weight is 428 g/mol. The Hall–Kier alpha value is -3.23. The molecule has 1 saturated carbocycles. The number of nitrogens with one attached hydrogen (secondary N) is 2. The van der Waals surface area contributed by atoms with Crippen molar-refractivity contribution in [2.45, 2.75) is 52.0 Å². The van der Waals surface area contributed by atoms with Crippen molar-refractivity contribution in [2.24, 2.45) is 16.9 Å². The summed E-state index contributed by atoms with van der Waals surface area (Å²) in [6.45, 7) is 3.63. The minimum Gasteiger partial charge on any atom is -0.451 e. The Bertz CT molecular complexity index is 870. The molecule has 31 heavy (non-hydrogen) atoms. The largest absolute Gasteiger partial charge is 0.451 e. The van der Waals surface area contributed by atoms with Crippen LogP contribution in [0.5, 0.6) is 0 Å². The highest BCUT2D eigenvalue weighted by molar-refractivity contribution is 6.38. The molecule has 0 saturated heterocycles. The van der Waals surface area contributed by atoms with Crippen molar-refractivity contribution in [3.05, 3.63) is 30.3 Å². The van der Waals surface area contributed by atoms with E-state index in [1.165, 1.54) is 0 Å². The minimum absolute atomic E-state index is 0.0113. The molecule has 4 amide bonds. The van der Waals surface area contributed by atoms with Gasteiger partial charge in [0.1, 0.15) is 5.71 Å². The van der Waals surface area contributed by atoms with Crippen LogP contribution in [0.2, 0.25) is 0 Å². The molecule has 3 atom stereocenters. The average Bonchev–Trinajstić information content (AvgIpc) is 2.76. The molecule has 2 N–H and O–H groups in total. The summed E-state index contributed by atoms with van der Waals surface area (Å²) in [5.41, 5.74) is 0.587. The van der Waals surface area contributed by atoms with Crippen LogP contribution >= 0.6 is 0 Å².